The van der Waals surface area contributed by atoms with E-state index in [2.05, 4.69) is 21.2 Å². The maximum Gasteiger partial charge on any atom is 0.159 e. The van der Waals surface area contributed by atoms with Gasteiger partial charge in [-0.2, -0.15) is 0 Å². The van der Waals surface area contributed by atoms with Crippen molar-refractivity contribution in [3.05, 3.63) is 28.5 Å². The molecule has 18 heavy (non-hydrogen) atoms. The van der Waals surface area contributed by atoms with Crippen molar-refractivity contribution in [2.45, 2.75) is 26.6 Å². The number of anilines is 1. The van der Waals surface area contributed by atoms with E-state index in [1.54, 1.807) is 6.07 Å². The molecule has 3 nitrogen and oxygen atoms in total. The Labute approximate surface area is 116 Å². The van der Waals surface area contributed by atoms with Crippen molar-refractivity contribution in [3.63, 3.8) is 0 Å². The molecule has 5 heteroatoms. The fraction of sp³-hybridized carbons (Fsp3) is 0.538. The number of rotatable bonds is 8. The Morgan fingerprint density at radius 2 is 1.94 bits per heavy atom. The van der Waals surface area contributed by atoms with Gasteiger partial charge in [0.15, 0.2) is 6.29 Å². The van der Waals surface area contributed by atoms with E-state index < -0.39 is 0 Å². The lowest BCUT2D eigenvalue weighted by Gasteiger charge is -2.17. The van der Waals surface area contributed by atoms with Gasteiger partial charge in [-0.3, -0.25) is 0 Å². The smallest absolute Gasteiger partial charge is 0.159 e. The van der Waals surface area contributed by atoms with Crippen LogP contribution in [0.5, 0.6) is 0 Å². The average Bonchev–Trinajstić information content (AvgIpc) is 2.34. The van der Waals surface area contributed by atoms with Gasteiger partial charge < -0.3 is 14.8 Å². The SMILES string of the molecule is CCOC(CCNc1cc(F)ccc1Br)OCC. The highest BCUT2D eigenvalue weighted by Gasteiger charge is 2.08. The monoisotopic (exact) mass is 319 g/mol. The molecule has 0 spiro atoms. The zero-order valence-corrected chi connectivity index (χ0v) is 12.3. The van der Waals surface area contributed by atoms with Gasteiger partial charge in [0.1, 0.15) is 5.82 Å². The summed E-state index contributed by atoms with van der Waals surface area (Å²) in [7, 11) is 0. The van der Waals surface area contributed by atoms with Crippen molar-refractivity contribution in [3.8, 4) is 0 Å². The molecule has 0 atom stereocenters. The van der Waals surface area contributed by atoms with Gasteiger partial charge in [-0.15, -0.1) is 0 Å². The van der Waals surface area contributed by atoms with Crippen molar-refractivity contribution in [2.24, 2.45) is 0 Å². The summed E-state index contributed by atoms with van der Waals surface area (Å²) >= 11 is 3.37. The predicted octanol–water partition coefficient (Wildman–Crippen LogP) is 3.79. The number of hydrogen-bond acceptors (Lipinski definition) is 3. The summed E-state index contributed by atoms with van der Waals surface area (Å²) in [6.07, 6.45) is 0.504. The second-order valence-corrected chi connectivity index (χ2v) is 4.53. The highest BCUT2D eigenvalue weighted by atomic mass is 79.9. The van der Waals surface area contributed by atoms with E-state index in [-0.39, 0.29) is 12.1 Å². The van der Waals surface area contributed by atoms with Crippen LogP contribution in [0.4, 0.5) is 10.1 Å². The molecule has 0 bridgehead atoms. The van der Waals surface area contributed by atoms with Crippen molar-refractivity contribution in [1.82, 2.24) is 0 Å². The van der Waals surface area contributed by atoms with Crippen LogP contribution in [0, 0.1) is 5.82 Å². The lowest BCUT2D eigenvalue weighted by atomic mass is 10.3. The molecule has 1 rings (SSSR count). The molecule has 0 saturated carbocycles. The topological polar surface area (TPSA) is 30.5 Å². The fourth-order valence-corrected chi connectivity index (χ4v) is 1.93. The first-order valence-corrected chi connectivity index (χ1v) is 6.88. The maximum atomic E-state index is 13.1. The van der Waals surface area contributed by atoms with Gasteiger partial charge >= 0.3 is 0 Å². The lowest BCUT2D eigenvalue weighted by molar-refractivity contribution is -0.137. The number of hydrogen-bond donors (Lipinski definition) is 1. The van der Waals surface area contributed by atoms with Crippen LogP contribution in [0.25, 0.3) is 0 Å². The number of benzene rings is 1. The molecule has 0 fully saturated rings. The van der Waals surface area contributed by atoms with Gasteiger partial charge in [0.25, 0.3) is 0 Å². The van der Waals surface area contributed by atoms with Crippen molar-refractivity contribution in [2.75, 3.05) is 25.1 Å². The van der Waals surface area contributed by atoms with E-state index in [4.69, 9.17) is 9.47 Å². The molecular weight excluding hydrogens is 301 g/mol. The van der Waals surface area contributed by atoms with Crippen LogP contribution < -0.4 is 5.32 Å². The Hall–Kier alpha value is -0.650. The predicted molar refractivity (Wildman–Crippen MR) is 74.2 cm³/mol. The molecule has 0 unspecified atom stereocenters. The minimum absolute atomic E-state index is 0.208. The average molecular weight is 320 g/mol. The van der Waals surface area contributed by atoms with E-state index in [0.29, 0.717) is 26.2 Å². The summed E-state index contributed by atoms with van der Waals surface area (Å²) in [4.78, 5) is 0. The Kier molecular flexibility index (Phi) is 7.23. The minimum Gasteiger partial charge on any atom is -0.384 e. The number of nitrogens with one attached hydrogen (secondary N) is 1. The highest BCUT2D eigenvalue weighted by Crippen LogP contribution is 2.23. The molecule has 0 radical (unpaired) electrons. The van der Waals surface area contributed by atoms with E-state index in [1.807, 2.05) is 13.8 Å². The molecule has 0 amide bonds. The number of halogens is 2. The molecule has 102 valence electrons. The maximum absolute atomic E-state index is 13.1. The molecule has 0 aliphatic carbocycles. The third kappa shape index (κ3) is 5.33. The van der Waals surface area contributed by atoms with E-state index >= 15 is 0 Å². The van der Waals surface area contributed by atoms with Gasteiger partial charge in [-0.1, -0.05) is 0 Å². The zero-order chi connectivity index (χ0) is 13.4. The van der Waals surface area contributed by atoms with E-state index in [1.165, 1.54) is 12.1 Å². The van der Waals surface area contributed by atoms with Gasteiger partial charge in [0, 0.05) is 30.7 Å². The summed E-state index contributed by atoms with van der Waals surface area (Å²) in [5, 5.41) is 3.15. The highest BCUT2D eigenvalue weighted by molar-refractivity contribution is 9.10. The van der Waals surface area contributed by atoms with Crippen LogP contribution in [0.1, 0.15) is 20.3 Å². The summed E-state index contributed by atoms with van der Waals surface area (Å²) in [6, 6.07) is 4.55. The Morgan fingerprint density at radius 1 is 1.28 bits per heavy atom. The summed E-state index contributed by atoms with van der Waals surface area (Å²) in [5.41, 5.74) is 0.738. The molecular formula is C13H19BrFNO2. The number of ether oxygens (including phenoxy) is 2. The zero-order valence-electron chi connectivity index (χ0n) is 10.7. The van der Waals surface area contributed by atoms with Crippen LogP contribution in [0.2, 0.25) is 0 Å². The second kappa shape index (κ2) is 8.45. The van der Waals surface area contributed by atoms with Crippen LogP contribution in [0.3, 0.4) is 0 Å². The van der Waals surface area contributed by atoms with E-state index in [9.17, 15) is 4.39 Å². The standard InChI is InChI=1S/C13H19BrFNO2/c1-3-17-13(18-4-2)7-8-16-12-9-10(15)5-6-11(12)14/h5-6,9,13,16H,3-4,7-8H2,1-2H3. The third-order valence-electron chi connectivity index (χ3n) is 2.33. The van der Waals surface area contributed by atoms with Gasteiger partial charge in [0.05, 0.1) is 5.69 Å². The molecule has 0 aromatic heterocycles. The normalized spacial score (nSPS) is 10.9. The molecule has 0 aliphatic rings. The Balaban J connectivity index is 2.41. The van der Waals surface area contributed by atoms with Crippen LogP contribution in [-0.2, 0) is 9.47 Å². The molecule has 1 aromatic rings. The van der Waals surface area contributed by atoms with Crippen LogP contribution in [-0.4, -0.2) is 26.0 Å². The summed E-state index contributed by atoms with van der Waals surface area (Å²) in [5.74, 6) is -0.258. The second-order valence-electron chi connectivity index (χ2n) is 3.68. The van der Waals surface area contributed by atoms with Crippen LogP contribution in [0.15, 0.2) is 22.7 Å². The van der Waals surface area contributed by atoms with Crippen molar-refractivity contribution < 1.29 is 13.9 Å². The fourth-order valence-electron chi connectivity index (χ4n) is 1.54. The molecule has 1 N–H and O–H groups in total. The van der Waals surface area contributed by atoms with Gasteiger partial charge in [0.2, 0.25) is 0 Å². The first-order valence-electron chi connectivity index (χ1n) is 6.09. The van der Waals surface area contributed by atoms with Crippen molar-refractivity contribution in [1.29, 1.82) is 0 Å². The molecule has 0 saturated heterocycles. The van der Waals surface area contributed by atoms with Crippen LogP contribution >= 0.6 is 15.9 Å². The first kappa shape index (κ1) is 15.4. The van der Waals surface area contributed by atoms with Gasteiger partial charge in [-0.05, 0) is 48.0 Å². The Bertz CT molecular complexity index is 357. The van der Waals surface area contributed by atoms with Crippen molar-refractivity contribution >= 4 is 21.6 Å². The Morgan fingerprint density at radius 3 is 2.56 bits per heavy atom. The lowest BCUT2D eigenvalue weighted by Crippen LogP contribution is -2.21. The quantitative estimate of drug-likeness (QED) is 0.739. The largest absolute Gasteiger partial charge is 0.384 e. The van der Waals surface area contributed by atoms with E-state index in [0.717, 1.165) is 10.2 Å². The summed E-state index contributed by atoms with van der Waals surface area (Å²) in [6.45, 7) is 5.76. The van der Waals surface area contributed by atoms with Gasteiger partial charge in [-0.25, -0.2) is 4.39 Å². The molecule has 0 heterocycles. The summed E-state index contributed by atoms with van der Waals surface area (Å²) < 4.78 is 24.8. The first-order chi connectivity index (χ1) is 8.67. The molecule has 1 aromatic carbocycles. The minimum atomic E-state index is -0.258. The third-order valence-corrected chi connectivity index (χ3v) is 3.02. The molecule has 0 aliphatic heterocycles.